The highest BCUT2D eigenvalue weighted by Crippen LogP contribution is 2.42. The fourth-order valence-electron chi connectivity index (χ4n) is 7.15. The molecule has 0 radical (unpaired) electrons. The van der Waals surface area contributed by atoms with E-state index >= 15 is 0 Å². The molecular formula is C43H56FN3O5. The minimum atomic E-state index is -0.910. The molecule has 3 aromatic rings. The van der Waals surface area contributed by atoms with Gasteiger partial charge in [-0.15, -0.1) is 0 Å². The summed E-state index contributed by atoms with van der Waals surface area (Å²) in [7, 11) is 4.05. The molecule has 0 bridgehead atoms. The molecule has 280 valence electrons. The Balaban J connectivity index is 1.57. The van der Waals surface area contributed by atoms with Gasteiger partial charge in [0, 0.05) is 29.7 Å². The Kier molecular flexibility index (Phi) is 12.4. The Morgan fingerprint density at radius 2 is 1.83 bits per heavy atom. The summed E-state index contributed by atoms with van der Waals surface area (Å²) in [5, 5.41) is 3.08. The number of benzene rings is 2. The maximum atomic E-state index is 14.3. The topological polar surface area (TPSA) is 90.0 Å². The summed E-state index contributed by atoms with van der Waals surface area (Å²) in [5.41, 5.74) is 7.86. The standard InChI is InChI=1S/C43H56FN3O5/c1-27(2)39-35(21-20-32-25-33(51-43(6,7)50-32)26-37(48)52-42(3,4)5)38(29-16-18-31(44)19-17-29)34-13-10-12-28-14-15-30(24-36(28)40(34)46-39)41(49)45-22-11-23-47(8)9/h14-21,24,27,32-33H,10-13,22-23,25-26H2,1-9H3,(H,45,49)/t32-,33-/m1/s1. The van der Waals surface area contributed by atoms with Gasteiger partial charge in [0.05, 0.1) is 30.0 Å². The molecule has 0 spiro atoms. The summed E-state index contributed by atoms with van der Waals surface area (Å²) in [5.74, 6) is -1.57. The van der Waals surface area contributed by atoms with Crippen molar-refractivity contribution in [3.8, 4) is 22.4 Å². The van der Waals surface area contributed by atoms with Crippen LogP contribution in [0.1, 0.15) is 113 Å². The lowest BCUT2D eigenvalue weighted by Crippen LogP contribution is -2.45. The lowest BCUT2D eigenvalue weighted by Gasteiger charge is -2.40. The molecule has 2 aromatic carbocycles. The number of aromatic nitrogens is 1. The third kappa shape index (κ3) is 10.1. The highest BCUT2D eigenvalue weighted by atomic mass is 19.1. The number of pyridine rings is 1. The number of amides is 1. The molecule has 2 atom stereocenters. The molecule has 5 rings (SSSR count). The number of nitrogens with one attached hydrogen (secondary N) is 1. The molecule has 8 nitrogen and oxygen atoms in total. The van der Waals surface area contributed by atoms with Crippen LogP contribution in [0.4, 0.5) is 4.39 Å². The Morgan fingerprint density at radius 1 is 1.10 bits per heavy atom. The molecule has 9 heteroatoms. The average Bonchev–Trinajstić information content (AvgIpc) is 3.22. The minimum Gasteiger partial charge on any atom is -0.460 e. The summed E-state index contributed by atoms with van der Waals surface area (Å²) >= 11 is 0. The molecule has 2 heterocycles. The van der Waals surface area contributed by atoms with Gasteiger partial charge in [-0.1, -0.05) is 44.2 Å². The average molecular weight is 714 g/mol. The molecule has 0 saturated carbocycles. The normalized spacial score (nSPS) is 18.6. The van der Waals surface area contributed by atoms with E-state index < -0.39 is 11.4 Å². The van der Waals surface area contributed by atoms with Gasteiger partial charge in [0.15, 0.2) is 5.79 Å². The molecule has 1 aliphatic carbocycles. The van der Waals surface area contributed by atoms with Gasteiger partial charge in [0.2, 0.25) is 0 Å². The van der Waals surface area contributed by atoms with Crippen molar-refractivity contribution in [2.45, 2.75) is 117 Å². The maximum Gasteiger partial charge on any atom is 0.308 e. The van der Waals surface area contributed by atoms with Gasteiger partial charge in [-0.3, -0.25) is 14.6 Å². The maximum absolute atomic E-state index is 14.3. The monoisotopic (exact) mass is 713 g/mol. The van der Waals surface area contributed by atoms with Gasteiger partial charge in [-0.25, -0.2) is 4.39 Å². The summed E-state index contributed by atoms with van der Waals surface area (Å²) in [6.45, 7) is 15.0. The van der Waals surface area contributed by atoms with Gasteiger partial charge < -0.3 is 24.4 Å². The van der Waals surface area contributed by atoms with Gasteiger partial charge in [0.25, 0.3) is 5.91 Å². The van der Waals surface area contributed by atoms with E-state index in [0.717, 1.165) is 77.0 Å². The number of hydrogen-bond donors (Lipinski definition) is 1. The van der Waals surface area contributed by atoms with E-state index in [-0.39, 0.29) is 42.2 Å². The number of fused-ring (bicyclic) bond motifs is 3. The van der Waals surface area contributed by atoms with Crippen molar-refractivity contribution < 1.29 is 28.2 Å². The number of rotatable bonds is 11. The predicted octanol–water partition coefficient (Wildman–Crippen LogP) is 8.50. The van der Waals surface area contributed by atoms with Crippen molar-refractivity contribution in [3.05, 3.63) is 82.3 Å². The second-order valence-electron chi connectivity index (χ2n) is 16.1. The lowest BCUT2D eigenvalue weighted by molar-refractivity contribution is -0.290. The second kappa shape index (κ2) is 16.4. The van der Waals surface area contributed by atoms with Crippen LogP contribution in [-0.2, 0) is 31.8 Å². The Bertz CT molecular complexity index is 1770. The number of hydrogen-bond acceptors (Lipinski definition) is 7. The molecule has 1 saturated heterocycles. The van der Waals surface area contributed by atoms with Crippen LogP contribution < -0.4 is 5.32 Å². The minimum absolute atomic E-state index is 0.0472. The number of aryl methyl sites for hydroxylation is 1. The van der Waals surface area contributed by atoms with E-state index in [1.54, 1.807) is 0 Å². The molecule has 1 N–H and O–H groups in total. The van der Waals surface area contributed by atoms with Crippen molar-refractivity contribution in [3.63, 3.8) is 0 Å². The molecule has 1 aliphatic heterocycles. The molecule has 1 aromatic heterocycles. The first-order valence-electron chi connectivity index (χ1n) is 18.6. The molecular weight excluding hydrogens is 657 g/mol. The summed E-state index contributed by atoms with van der Waals surface area (Å²) in [6, 6.07) is 12.6. The van der Waals surface area contributed by atoms with E-state index in [0.29, 0.717) is 18.5 Å². The van der Waals surface area contributed by atoms with Crippen LogP contribution in [0.15, 0.2) is 48.5 Å². The van der Waals surface area contributed by atoms with Crippen LogP contribution in [0.25, 0.3) is 28.5 Å². The molecule has 0 unspecified atom stereocenters. The highest BCUT2D eigenvalue weighted by Gasteiger charge is 2.36. The fourth-order valence-corrected chi connectivity index (χ4v) is 7.15. The molecule has 2 aliphatic rings. The third-order valence-electron chi connectivity index (χ3n) is 9.29. The zero-order valence-electron chi connectivity index (χ0n) is 32.4. The van der Waals surface area contributed by atoms with Crippen LogP contribution in [0, 0.1) is 5.82 Å². The molecule has 1 amide bonds. The zero-order chi connectivity index (χ0) is 37.8. The lowest BCUT2D eigenvalue weighted by atomic mass is 9.86. The largest absolute Gasteiger partial charge is 0.460 e. The SMILES string of the molecule is CC(C)c1nc2c(c(-c3ccc(F)cc3)c1C=C[C@@H]1C[C@H](CC(=O)OC(C)(C)C)OC(C)(C)O1)CCCc1ccc(C(=O)NCCCN(C)C)cc1-2. The van der Waals surface area contributed by atoms with Crippen LogP contribution >= 0.6 is 0 Å². The number of carbonyl (C=O) groups excluding carboxylic acids is 2. The Hall–Kier alpha value is -3.92. The Morgan fingerprint density at radius 3 is 2.50 bits per heavy atom. The Labute approximate surface area is 309 Å². The summed E-state index contributed by atoms with van der Waals surface area (Å²) < 4.78 is 32.4. The number of esters is 1. The van der Waals surface area contributed by atoms with Crippen LogP contribution in [0.5, 0.6) is 0 Å². The highest BCUT2D eigenvalue weighted by molar-refractivity contribution is 5.96. The van der Waals surface area contributed by atoms with E-state index in [1.807, 2.05) is 79.1 Å². The zero-order valence-corrected chi connectivity index (χ0v) is 32.4. The number of carbonyl (C=O) groups is 2. The fraction of sp³-hybridized carbons (Fsp3) is 0.512. The van der Waals surface area contributed by atoms with Gasteiger partial charge in [-0.05, 0) is 133 Å². The predicted molar refractivity (Wildman–Crippen MR) is 205 cm³/mol. The van der Waals surface area contributed by atoms with Crippen LogP contribution in [0.3, 0.4) is 0 Å². The number of ether oxygens (including phenoxy) is 3. The summed E-state index contributed by atoms with van der Waals surface area (Å²) in [4.78, 5) is 33.6. The second-order valence-corrected chi connectivity index (χ2v) is 16.1. The van der Waals surface area contributed by atoms with Gasteiger partial charge in [-0.2, -0.15) is 0 Å². The quantitative estimate of drug-likeness (QED) is 0.158. The van der Waals surface area contributed by atoms with Gasteiger partial charge >= 0.3 is 5.97 Å². The van der Waals surface area contributed by atoms with Crippen molar-refractivity contribution in [1.82, 2.24) is 15.2 Å². The smallest absolute Gasteiger partial charge is 0.308 e. The van der Waals surface area contributed by atoms with E-state index in [4.69, 9.17) is 19.2 Å². The first kappa shape index (κ1) is 39.3. The first-order chi connectivity index (χ1) is 24.5. The first-order valence-corrected chi connectivity index (χ1v) is 18.6. The molecule has 1 fully saturated rings. The van der Waals surface area contributed by atoms with Crippen LogP contribution in [-0.4, -0.2) is 72.5 Å². The van der Waals surface area contributed by atoms with Crippen LogP contribution in [0.2, 0.25) is 0 Å². The van der Waals surface area contributed by atoms with Crippen molar-refractivity contribution in [2.24, 2.45) is 0 Å². The molecule has 52 heavy (non-hydrogen) atoms. The van der Waals surface area contributed by atoms with E-state index in [2.05, 4.69) is 36.2 Å². The van der Waals surface area contributed by atoms with Crippen molar-refractivity contribution >= 4 is 18.0 Å². The van der Waals surface area contributed by atoms with Gasteiger partial charge in [0.1, 0.15) is 11.4 Å². The third-order valence-corrected chi connectivity index (χ3v) is 9.29. The van der Waals surface area contributed by atoms with E-state index in [9.17, 15) is 14.0 Å². The number of halogens is 1. The van der Waals surface area contributed by atoms with Crippen molar-refractivity contribution in [2.75, 3.05) is 27.2 Å². The van der Waals surface area contributed by atoms with Crippen molar-refractivity contribution in [1.29, 1.82) is 0 Å². The number of nitrogens with zero attached hydrogens (tertiary/aromatic N) is 2. The summed E-state index contributed by atoms with van der Waals surface area (Å²) in [6.07, 6.45) is 7.41. The van der Waals surface area contributed by atoms with E-state index in [1.165, 1.54) is 12.1 Å².